The van der Waals surface area contributed by atoms with Gasteiger partial charge >= 0.3 is 0 Å². The van der Waals surface area contributed by atoms with Gasteiger partial charge in [-0.3, -0.25) is 9.59 Å². The number of unbranched alkanes of at least 4 members (excludes halogenated alkanes) is 9. The van der Waals surface area contributed by atoms with Gasteiger partial charge in [0, 0.05) is 0 Å². The van der Waals surface area contributed by atoms with E-state index in [2.05, 4.69) is 22.9 Å². The highest BCUT2D eigenvalue weighted by atomic mass is 16.3. The van der Waals surface area contributed by atoms with Gasteiger partial charge in [0.25, 0.3) is 0 Å². The van der Waals surface area contributed by atoms with Crippen LogP contribution in [0.3, 0.4) is 0 Å². The highest BCUT2D eigenvalue weighted by molar-refractivity contribution is 5.89. The summed E-state index contributed by atoms with van der Waals surface area (Å²) in [4.78, 5) is 33.5. The molecular formula is C19H37N3O4. The topological polar surface area (TPSA) is 108 Å². The number of nitrogens with one attached hydrogen (secondary N) is 3. The first kappa shape index (κ1) is 24.5. The van der Waals surface area contributed by atoms with Crippen molar-refractivity contribution < 1.29 is 19.5 Å². The van der Waals surface area contributed by atoms with Crippen LogP contribution in [0.5, 0.6) is 0 Å². The van der Waals surface area contributed by atoms with Crippen molar-refractivity contribution in [2.24, 2.45) is 0 Å². The number of hydrogen-bond donors (Lipinski definition) is 4. The molecule has 0 bridgehead atoms. The third-order valence-electron chi connectivity index (χ3n) is 4.19. The molecular weight excluding hydrogens is 334 g/mol. The van der Waals surface area contributed by atoms with Gasteiger partial charge in [-0.25, -0.2) is 0 Å². The normalized spacial score (nSPS) is 11.8. The molecule has 7 nitrogen and oxygen atoms in total. The summed E-state index contributed by atoms with van der Waals surface area (Å²) in [6.07, 6.45) is 13.2. The average Bonchev–Trinajstić information content (AvgIpc) is 2.65. The van der Waals surface area contributed by atoms with Crippen molar-refractivity contribution >= 4 is 18.1 Å². The van der Waals surface area contributed by atoms with Crippen LogP contribution >= 0.6 is 0 Å². The van der Waals surface area contributed by atoms with Crippen molar-refractivity contribution in [2.75, 3.05) is 26.2 Å². The van der Waals surface area contributed by atoms with E-state index in [0.29, 0.717) is 6.29 Å². The van der Waals surface area contributed by atoms with Crippen LogP contribution in [0.2, 0.25) is 0 Å². The maximum absolute atomic E-state index is 11.7. The van der Waals surface area contributed by atoms with Crippen LogP contribution in [0.1, 0.15) is 71.1 Å². The van der Waals surface area contributed by atoms with Crippen LogP contribution in [0.15, 0.2) is 0 Å². The molecule has 152 valence electrons. The van der Waals surface area contributed by atoms with Crippen molar-refractivity contribution in [2.45, 2.75) is 77.2 Å². The molecule has 0 saturated carbocycles. The number of aldehydes is 1. The molecule has 0 aromatic carbocycles. The van der Waals surface area contributed by atoms with Crippen molar-refractivity contribution in [1.82, 2.24) is 16.0 Å². The van der Waals surface area contributed by atoms with Gasteiger partial charge in [-0.2, -0.15) is 0 Å². The van der Waals surface area contributed by atoms with Crippen LogP contribution in [0.25, 0.3) is 0 Å². The van der Waals surface area contributed by atoms with Gasteiger partial charge in [0.05, 0.1) is 19.7 Å². The van der Waals surface area contributed by atoms with E-state index in [1.54, 1.807) is 0 Å². The fraction of sp³-hybridized carbons (Fsp3) is 0.842. The van der Waals surface area contributed by atoms with Gasteiger partial charge in [-0.05, 0) is 13.0 Å². The van der Waals surface area contributed by atoms with E-state index in [9.17, 15) is 14.4 Å². The Labute approximate surface area is 157 Å². The van der Waals surface area contributed by atoms with Crippen molar-refractivity contribution in [1.29, 1.82) is 0 Å². The smallest absolute Gasteiger partial charge is 0.245 e. The van der Waals surface area contributed by atoms with E-state index in [-0.39, 0.29) is 19.0 Å². The molecule has 0 rings (SSSR count). The molecule has 2 amide bonds. The monoisotopic (exact) mass is 371 g/mol. The molecule has 0 aliphatic heterocycles. The van der Waals surface area contributed by atoms with Gasteiger partial charge in [0.2, 0.25) is 11.8 Å². The lowest BCUT2D eigenvalue weighted by Crippen LogP contribution is -2.51. The SMILES string of the molecule is CCCCCCCCCCCCNCC(=O)N[C@@H](CO)C(=O)NCC=O. The summed E-state index contributed by atoms with van der Waals surface area (Å²) in [6.45, 7) is 2.45. The van der Waals surface area contributed by atoms with Gasteiger partial charge in [0.1, 0.15) is 12.3 Å². The summed E-state index contributed by atoms with van der Waals surface area (Å²) in [7, 11) is 0. The zero-order valence-corrected chi connectivity index (χ0v) is 16.2. The zero-order chi connectivity index (χ0) is 19.5. The standard InChI is InChI=1S/C19H37N3O4/c1-2-3-4-5-6-7-8-9-10-11-12-20-15-18(25)22-17(16-24)19(26)21-13-14-23/h14,17,20,24H,2-13,15-16H2,1H3,(H,21,26)(H,22,25)/t17-/m0/s1. The predicted octanol–water partition coefficient (Wildman–Crippen LogP) is 1.29. The first-order chi connectivity index (χ1) is 12.7. The van der Waals surface area contributed by atoms with Gasteiger partial charge in [0.15, 0.2) is 0 Å². The summed E-state index contributed by atoms with van der Waals surface area (Å²) < 4.78 is 0. The minimum atomic E-state index is -1.03. The molecule has 0 fully saturated rings. The fourth-order valence-electron chi connectivity index (χ4n) is 2.64. The number of aliphatic hydroxyl groups is 1. The van der Waals surface area contributed by atoms with E-state index in [0.717, 1.165) is 19.4 Å². The number of aliphatic hydroxyl groups excluding tert-OH is 1. The zero-order valence-electron chi connectivity index (χ0n) is 16.2. The van der Waals surface area contributed by atoms with Crippen LogP contribution < -0.4 is 16.0 Å². The first-order valence-corrected chi connectivity index (χ1v) is 9.98. The molecule has 0 aliphatic rings. The molecule has 7 heteroatoms. The molecule has 0 aromatic heterocycles. The Morgan fingerprint density at radius 1 is 0.962 bits per heavy atom. The third kappa shape index (κ3) is 14.8. The second-order valence-electron chi connectivity index (χ2n) is 6.57. The summed E-state index contributed by atoms with van der Waals surface area (Å²) in [5.74, 6) is -0.917. The molecule has 0 saturated heterocycles. The average molecular weight is 372 g/mol. The Morgan fingerprint density at radius 3 is 2.08 bits per heavy atom. The molecule has 0 radical (unpaired) electrons. The first-order valence-electron chi connectivity index (χ1n) is 9.98. The number of hydrogen-bond acceptors (Lipinski definition) is 5. The second-order valence-corrected chi connectivity index (χ2v) is 6.57. The minimum Gasteiger partial charge on any atom is -0.394 e. The van der Waals surface area contributed by atoms with Crippen molar-refractivity contribution in [3.63, 3.8) is 0 Å². The number of carbonyl (C=O) groups is 3. The van der Waals surface area contributed by atoms with Gasteiger partial charge in [-0.1, -0.05) is 64.7 Å². The largest absolute Gasteiger partial charge is 0.394 e. The molecule has 0 spiro atoms. The summed E-state index contributed by atoms with van der Waals surface area (Å²) in [6, 6.07) is -1.03. The Hall–Kier alpha value is -1.47. The molecule has 0 aromatic rings. The summed E-state index contributed by atoms with van der Waals surface area (Å²) >= 11 is 0. The van der Waals surface area contributed by atoms with Crippen molar-refractivity contribution in [3.8, 4) is 0 Å². The number of amides is 2. The van der Waals surface area contributed by atoms with Gasteiger partial charge < -0.3 is 25.9 Å². The molecule has 1 atom stereocenters. The summed E-state index contributed by atoms with van der Waals surface area (Å²) in [5, 5.41) is 16.9. The summed E-state index contributed by atoms with van der Waals surface area (Å²) in [5.41, 5.74) is 0. The van der Waals surface area contributed by atoms with Gasteiger partial charge in [-0.15, -0.1) is 0 Å². The highest BCUT2D eigenvalue weighted by Gasteiger charge is 2.18. The maximum Gasteiger partial charge on any atom is 0.245 e. The Kier molecular flexibility index (Phi) is 17.3. The van der Waals surface area contributed by atoms with E-state index >= 15 is 0 Å². The Morgan fingerprint density at radius 2 is 1.54 bits per heavy atom. The second kappa shape index (κ2) is 18.3. The minimum absolute atomic E-state index is 0.106. The van der Waals surface area contributed by atoms with Crippen LogP contribution in [-0.4, -0.2) is 55.5 Å². The lowest BCUT2D eigenvalue weighted by atomic mass is 10.1. The van der Waals surface area contributed by atoms with E-state index < -0.39 is 18.6 Å². The quantitative estimate of drug-likeness (QED) is 0.214. The van der Waals surface area contributed by atoms with Crippen LogP contribution in [0.4, 0.5) is 0 Å². The number of carbonyl (C=O) groups excluding carboxylic acids is 3. The maximum atomic E-state index is 11.7. The van der Waals surface area contributed by atoms with E-state index in [4.69, 9.17) is 5.11 Å². The van der Waals surface area contributed by atoms with E-state index in [1.165, 1.54) is 51.4 Å². The fourth-order valence-corrected chi connectivity index (χ4v) is 2.64. The molecule has 26 heavy (non-hydrogen) atoms. The number of rotatable bonds is 18. The molecule has 0 heterocycles. The predicted molar refractivity (Wildman–Crippen MR) is 103 cm³/mol. The highest BCUT2D eigenvalue weighted by Crippen LogP contribution is 2.10. The van der Waals surface area contributed by atoms with Crippen LogP contribution in [0, 0.1) is 0 Å². The Balaban J connectivity index is 3.52. The Bertz CT molecular complexity index is 378. The van der Waals surface area contributed by atoms with Crippen molar-refractivity contribution in [3.05, 3.63) is 0 Å². The molecule has 0 aliphatic carbocycles. The lowest BCUT2D eigenvalue weighted by molar-refractivity contribution is -0.130. The molecule has 0 unspecified atom stereocenters. The van der Waals surface area contributed by atoms with Crippen LogP contribution in [-0.2, 0) is 14.4 Å². The van der Waals surface area contributed by atoms with E-state index in [1.807, 2.05) is 0 Å². The third-order valence-corrected chi connectivity index (χ3v) is 4.19. The lowest BCUT2D eigenvalue weighted by Gasteiger charge is -2.15. The molecule has 4 N–H and O–H groups in total.